The van der Waals surface area contributed by atoms with Crippen LogP contribution in [0.1, 0.15) is 35.8 Å². The second-order valence-corrected chi connectivity index (χ2v) is 8.13. The lowest BCUT2D eigenvalue weighted by Crippen LogP contribution is -2.07. The highest BCUT2D eigenvalue weighted by atomic mass is 32.2. The standard InChI is InChI=1S/C17H16N2O4S/c20-24(21,10-14-9-18-23-17(14)13-6-7-13)11-15-8-16(19-22-15)12-4-2-1-3-5-12/h1-5,8-9,13H,6-7,10-11H2. The van der Waals surface area contributed by atoms with Crippen molar-refractivity contribution in [2.75, 3.05) is 0 Å². The summed E-state index contributed by atoms with van der Waals surface area (Å²) >= 11 is 0. The fourth-order valence-electron chi connectivity index (χ4n) is 2.69. The summed E-state index contributed by atoms with van der Waals surface area (Å²) in [6.45, 7) is 0. The Kier molecular flexibility index (Phi) is 3.72. The molecule has 2 aromatic heterocycles. The lowest BCUT2D eigenvalue weighted by Gasteiger charge is -2.01. The molecule has 1 saturated carbocycles. The summed E-state index contributed by atoms with van der Waals surface area (Å²) in [6, 6.07) is 11.2. The van der Waals surface area contributed by atoms with Gasteiger partial charge in [-0.1, -0.05) is 40.6 Å². The molecule has 0 amide bonds. The number of benzene rings is 1. The highest BCUT2D eigenvalue weighted by Gasteiger charge is 2.31. The molecule has 3 aromatic rings. The average Bonchev–Trinajstić information content (AvgIpc) is 3.14. The highest BCUT2D eigenvalue weighted by molar-refractivity contribution is 7.89. The second-order valence-electron chi connectivity index (χ2n) is 6.07. The zero-order valence-corrected chi connectivity index (χ0v) is 13.7. The lowest BCUT2D eigenvalue weighted by molar-refractivity contribution is 0.383. The second kappa shape index (κ2) is 5.90. The lowest BCUT2D eigenvalue weighted by atomic mass is 10.1. The van der Waals surface area contributed by atoms with E-state index in [0.717, 1.165) is 18.4 Å². The van der Waals surface area contributed by atoms with E-state index < -0.39 is 9.84 Å². The minimum absolute atomic E-state index is 0.0935. The highest BCUT2D eigenvalue weighted by Crippen LogP contribution is 2.42. The van der Waals surface area contributed by atoms with Gasteiger partial charge in [0.25, 0.3) is 0 Å². The Labute approximate surface area is 139 Å². The molecule has 1 aliphatic carbocycles. The van der Waals surface area contributed by atoms with Gasteiger partial charge in [-0.05, 0) is 12.8 Å². The third kappa shape index (κ3) is 3.26. The van der Waals surface area contributed by atoms with Crippen molar-refractivity contribution >= 4 is 9.84 Å². The smallest absolute Gasteiger partial charge is 0.161 e. The topological polar surface area (TPSA) is 86.2 Å². The number of nitrogens with zero attached hydrogens (tertiary/aromatic N) is 2. The maximum Gasteiger partial charge on any atom is 0.161 e. The van der Waals surface area contributed by atoms with Crippen molar-refractivity contribution < 1.29 is 17.5 Å². The van der Waals surface area contributed by atoms with Crippen LogP contribution < -0.4 is 0 Å². The summed E-state index contributed by atoms with van der Waals surface area (Å²) in [4.78, 5) is 0. The van der Waals surface area contributed by atoms with Crippen molar-refractivity contribution in [2.45, 2.75) is 30.3 Å². The quantitative estimate of drug-likeness (QED) is 0.682. The van der Waals surface area contributed by atoms with Gasteiger partial charge < -0.3 is 9.05 Å². The van der Waals surface area contributed by atoms with Crippen LogP contribution in [0.3, 0.4) is 0 Å². The molecule has 0 spiro atoms. The van der Waals surface area contributed by atoms with E-state index in [1.807, 2.05) is 30.3 Å². The van der Waals surface area contributed by atoms with Gasteiger partial charge in [-0.2, -0.15) is 0 Å². The van der Waals surface area contributed by atoms with Crippen LogP contribution in [0.5, 0.6) is 0 Å². The van der Waals surface area contributed by atoms with E-state index in [1.165, 1.54) is 6.20 Å². The molecule has 1 fully saturated rings. The van der Waals surface area contributed by atoms with Crippen LogP contribution in [0, 0.1) is 0 Å². The first-order valence-electron chi connectivity index (χ1n) is 7.75. The summed E-state index contributed by atoms with van der Waals surface area (Å²) in [5.41, 5.74) is 2.17. The summed E-state index contributed by atoms with van der Waals surface area (Å²) in [5.74, 6) is 1.08. The first-order chi connectivity index (χ1) is 11.6. The monoisotopic (exact) mass is 344 g/mol. The van der Waals surface area contributed by atoms with E-state index in [0.29, 0.717) is 28.7 Å². The predicted molar refractivity (Wildman–Crippen MR) is 86.7 cm³/mol. The molecule has 7 heteroatoms. The Morgan fingerprint density at radius 1 is 1.08 bits per heavy atom. The molecule has 0 radical (unpaired) electrons. The Hall–Kier alpha value is -2.41. The molecule has 0 unspecified atom stereocenters. The molecule has 1 aliphatic rings. The number of aromatic nitrogens is 2. The van der Waals surface area contributed by atoms with Crippen LogP contribution in [0.15, 0.2) is 51.6 Å². The van der Waals surface area contributed by atoms with Crippen molar-refractivity contribution in [3.05, 3.63) is 59.7 Å². The zero-order chi connectivity index (χ0) is 16.6. The summed E-state index contributed by atoms with van der Waals surface area (Å²) in [7, 11) is -3.39. The molecular weight excluding hydrogens is 328 g/mol. The van der Waals surface area contributed by atoms with E-state index in [-0.39, 0.29) is 11.5 Å². The Morgan fingerprint density at radius 3 is 2.62 bits per heavy atom. The number of sulfone groups is 1. The van der Waals surface area contributed by atoms with Crippen molar-refractivity contribution in [1.29, 1.82) is 0 Å². The fraction of sp³-hybridized carbons (Fsp3) is 0.294. The number of hydrogen-bond donors (Lipinski definition) is 0. The van der Waals surface area contributed by atoms with E-state index in [1.54, 1.807) is 6.07 Å². The van der Waals surface area contributed by atoms with E-state index in [9.17, 15) is 8.42 Å². The molecule has 0 saturated heterocycles. The Bertz CT molecular complexity index is 940. The molecule has 24 heavy (non-hydrogen) atoms. The Morgan fingerprint density at radius 2 is 1.88 bits per heavy atom. The third-order valence-electron chi connectivity index (χ3n) is 3.99. The Balaban J connectivity index is 1.50. The van der Waals surface area contributed by atoms with Crippen molar-refractivity contribution in [3.63, 3.8) is 0 Å². The van der Waals surface area contributed by atoms with Gasteiger partial charge in [-0.25, -0.2) is 8.42 Å². The first kappa shape index (κ1) is 15.1. The van der Waals surface area contributed by atoms with Gasteiger partial charge in [0, 0.05) is 23.1 Å². The summed E-state index contributed by atoms with van der Waals surface area (Å²) in [5, 5.41) is 7.70. The van der Waals surface area contributed by atoms with Crippen molar-refractivity contribution in [1.82, 2.24) is 10.3 Å². The number of rotatable bonds is 6. The van der Waals surface area contributed by atoms with Crippen molar-refractivity contribution in [3.8, 4) is 11.3 Å². The van der Waals surface area contributed by atoms with Gasteiger partial charge in [-0.15, -0.1) is 0 Å². The maximum absolute atomic E-state index is 12.5. The molecule has 124 valence electrons. The van der Waals surface area contributed by atoms with Crippen LogP contribution in [0.4, 0.5) is 0 Å². The van der Waals surface area contributed by atoms with Crippen LogP contribution in [0.25, 0.3) is 11.3 Å². The molecule has 4 rings (SSSR count). The van der Waals surface area contributed by atoms with Gasteiger partial charge in [-0.3, -0.25) is 0 Å². The van der Waals surface area contributed by atoms with Crippen molar-refractivity contribution in [2.24, 2.45) is 0 Å². The minimum atomic E-state index is -3.39. The summed E-state index contributed by atoms with van der Waals surface area (Å²) in [6.07, 6.45) is 3.57. The van der Waals surface area contributed by atoms with Crippen LogP contribution in [-0.4, -0.2) is 18.7 Å². The fourth-order valence-corrected chi connectivity index (χ4v) is 4.05. The van der Waals surface area contributed by atoms with Crippen LogP contribution >= 0.6 is 0 Å². The minimum Gasteiger partial charge on any atom is -0.361 e. The maximum atomic E-state index is 12.5. The van der Waals surface area contributed by atoms with E-state index >= 15 is 0 Å². The van der Waals surface area contributed by atoms with Crippen LogP contribution in [0.2, 0.25) is 0 Å². The number of hydrogen-bond acceptors (Lipinski definition) is 6. The first-order valence-corrected chi connectivity index (χ1v) is 9.58. The molecule has 0 aliphatic heterocycles. The predicted octanol–water partition coefficient (Wildman–Crippen LogP) is 3.32. The van der Waals surface area contributed by atoms with Crippen LogP contribution in [-0.2, 0) is 21.3 Å². The molecule has 0 N–H and O–H groups in total. The normalized spacial score (nSPS) is 14.8. The summed E-state index contributed by atoms with van der Waals surface area (Å²) < 4.78 is 35.3. The van der Waals surface area contributed by atoms with Gasteiger partial charge in [0.05, 0.1) is 11.9 Å². The molecular formula is C17H16N2O4S. The SMILES string of the molecule is O=S(=O)(Cc1cc(-c2ccccc2)no1)Cc1cnoc1C1CC1. The van der Waals surface area contributed by atoms with Gasteiger partial charge in [0.15, 0.2) is 15.6 Å². The third-order valence-corrected chi connectivity index (χ3v) is 5.47. The van der Waals surface area contributed by atoms with E-state index in [4.69, 9.17) is 9.05 Å². The molecule has 0 bridgehead atoms. The average molecular weight is 344 g/mol. The molecule has 2 heterocycles. The molecule has 1 aromatic carbocycles. The van der Waals surface area contributed by atoms with Gasteiger partial charge in [0.1, 0.15) is 17.2 Å². The zero-order valence-electron chi connectivity index (χ0n) is 12.9. The largest absolute Gasteiger partial charge is 0.361 e. The van der Waals surface area contributed by atoms with E-state index in [2.05, 4.69) is 10.3 Å². The van der Waals surface area contributed by atoms with Gasteiger partial charge in [0.2, 0.25) is 0 Å². The van der Waals surface area contributed by atoms with Gasteiger partial charge >= 0.3 is 0 Å². The molecule has 6 nitrogen and oxygen atoms in total. The molecule has 0 atom stereocenters.